The number of hydrogen-bond acceptors (Lipinski definition) is 2. The lowest BCUT2D eigenvalue weighted by Gasteiger charge is -2.26. The van der Waals surface area contributed by atoms with Gasteiger partial charge in [0.15, 0.2) is 0 Å². The summed E-state index contributed by atoms with van der Waals surface area (Å²) in [5.74, 6) is -0.0282. The molecule has 124 valence electrons. The molecule has 2 aromatic carbocycles. The molecule has 1 saturated heterocycles. The molecule has 1 aliphatic heterocycles. The first-order valence-electron chi connectivity index (χ1n) is 8.34. The van der Waals surface area contributed by atoms with Crippen LogP contribution >= 0.6 is 0 Å². The molecule has 0 radical (unpaired) electrons. The van der Waals surface area contributed by atoms with Crippen LogP contribution < -0.4 is 5.32 Å². The molecule has 3 rings (SSSR count). The summed E-state index contributed by atoms with van der Waals surface area (Å²) in [4.78, 5) is 26.6. The molecule has 24 heavy (non-hydrogen) atoms. The van der Waals surface area contributed by atoms with E-state index in [9.17, 15) is 9.59 Å². The van der Waals surface area contributed by atoms with Gasteiger partial charge in [0.05, 0.1) is 6.04 Å². The van der Waals surface area contributed by atoms with Crippen molar-refractivity contribution in [1.82, 2.24) is 10.2 Å². The maximum atomic E-state index is 12.7. The highest BCUT2D eigenvalue weighted by Crippen LogP contribution is 2.23. The summed E-state index contributed by atoms with van der Waals surface area (Å²) in [5.41, 5.74) is 2.10. The van der Waals surface area contributed by atoms with Crippen molar-refractivity contribution < 1.29 is 9.59 Å². The SMILES string of the molecule is C[C@@H](NC(=O)[C@H]1CCC(=O)N1Cc1ccccc1)c1ccccc1. The van der Waals surface area contributed by atoms with Crippen molar-refractivity contribution in [3.8, 4) is 0 Å². The summed E-state index contributed by atoms with van der Waals surface area (Å²) in [6.45, 7) is 2.45. The van der Waals surface area contributed by atoms with Gasteiger partial charge in [0.25, 0.3) is 0 Å². The molecule has 0 bridgehead atoms. The molecule has 0 unspecified atom stereocenters. The number of carbonyl (C=O) groups excluding carboxylic acids is 2. The van der Waals surface area contributed by atoms with Crippen LogP contribution in [-0.4, -0.2) is 22.8 Å². The lowest BCUT2D eigenvalue weighted by atomic mass is 10.1. The minimum absolute atomic E-state index is 0.0476. The Balaban J connectivity index is 1.68. The topological polar surface area (TPSA) is 49.4 Å². The Kier molecular flexibility index (Phi) is 4.94. The number of nitrogens with zero attached hydrogens (tertiary/aromatic N) is 1. The van der Waals surface area contributed by atoms with Crippen LogP contribution in [0.5, 0.6) is 0 Å². The van der Waals surface area contributed by atoms with Gasteiger partial charge in [-0.3, -0.25) is 9.59 Å². The second-order valence-electron chi connectivity index (χ2n) is 6.20. The van der Waals surface area contributed by atoms with Gasteiger partial charge in [0.2, 0.25) is 11.8 Å². The van der Waals surface area contributed by atoms with Gasteiger partial charge < -0.3 is 10.2 Å². The lowest BCUT2D eigenvalue weighted by Crippen LogP contribution is -2.45. The zero-order chi connectivity index (χ0) is 16.9. The second kappa shape index (κ2) is 7.30. The van der Waals surface area contributed by atoms with Crippen molar-refractivity contribution in [2.75, 3.05) is 0 Å². The highest BCUT2D eigenvalue weighted by atomic mass is 16.2. The molecule has 0 aromatic heterocycles. The molecule has 2 atom stereocenters. The van der Waals surface area contributed by atoms with E-state index in [1.165, 1.54) is 0 Å². The van der Waals surface area contributed by atoms with Crippen LogP contribution in [0.4, 0.5) is 0 Å². The predicted octanol–water partition coefficient (Wildman–Crippen LogP) is 3.06. The average Bonchev–Trinajstić information content (AvgIpc) is 2.97. The lowest BCUT2D eigenvalue weighted by molar-refractivity contribution is -0.136. The van der Waals surface area contributed by atoms with Gasteiger partial charge in [-0.1, -0.05) is 60.7 Å². The van der Waals surface area contributed by atoms with Crippen LogP contribution in [-0.2, 0) is 16.1 Å². The van der Waals surface area contributed by atoms with Gasteiger partial charge in [-0.25, -0.2) is 0 Å². The smallest absolute Gasteiger partial charge is 0.243 e. The van der Waals surface area contributed by atoms with Crippen molar-refractivity contribution in [2.24, 2.45) is 0 Å². The third-order valence-corrected chi connectivity index (χ3v) is 4.48. The Hall–Kier alpha value is -2.62. The molecular formula is C20H22N2O2. The molecule has 1 heterocycles. The summed E-state index contributed by atoms with van der Waals surface area (Å²) in [6.07, 6.45) is 1.02. The predicted molar refractivity (Wildman–Crippen MR) is 93.0 cm³/mol. The molecule has 1 aliphatic rings. The van der Waals surface area contributed by atoms with E-state index in [1.54, 1.807) is 4.90 Å². The molecule has 0 spiro atoms. The minimum atomic E-state index is -0.385. The Morgan fingerprint density at radius 3 is 2.42 bits per heavy atom. The number of amides is 2. The van der Waals surface area contributed by atoms with Crippen LogP contribution in [0.15, 0.2) is 60.7 Å². The Labute approximate surface area is 142 Å². The van der Waals surface area contributed by atoms with Gasteiger partial charge in [-0.05, 0) is 24.5 Å². The number of hydrogen-bond donors (Lipinski definition) is 1. The summed E-state index contributed by atoms with van der Waals surface area (Å²) >= 11 is 0. The van der Waals surface area contributed by atoms with Gasteiger partial charge in [0, 0.05) is 13.0 Å². The van der Waals surface area contributed by atoms with E-state index < -0.39 is 0 Å². The highest BCUT2D eigenvalue weighted by molar-refractivity contribution is 5.91. The Morgan fingerprint density at radius 2 is 1.75 bits per heavy atom. The maximum Gasteiger partial charge on any atom is 0.243 e. The molecule has 2 amide bonds. The summed E-state index contributed by atoms with van der Waals surface area (Å²) in [6, 6.07) is 19.2. The van der Waals surface area contributed by atoms with Crippen LogP contribution in [0.25, 0.3) is 0 Å². The maximum absolute atomic E-state index is 12.7. The first-order valence-corrected chi connectivity index (χ1v) is 8.34. The first kappa shape index (κ1) is 16.2. The standard InChI is InChI=1S/C20H22N2O2/c1-15(17-10-6-3-7-11-17)21-20(24)18-12-13-19(23)22(18)14-16-8-4-2-5-9-16/h2-11,15,18H,12-14H2,1H3,(H,21,24)/t15-,18-/m1/s1. The normalized spacial score (nSPS) is 18.5. The zero-order valence-electron chi connectivity index (χ0n) is 13.8. The Bertz CT molecular complexity index is 700. The van der Waals surface area contributed by atoms with Crippen molar-refractivity contribution >= 4 is 11.8 Å². The molecular weight excluding hydrogens is 300 g/mol. The number of carbonyl (C=O) groups is 2. The molecule has 4 heteroatoms. The van der Waals surface area contributed by atoms with Crippen LogP contribution in [0, 0.1) is 0 Å². The average molecular weight is 322 g/mol. The summed E-state index contributed by atoms with van der Waals surface area (Å²) in [7, 11) is 0. The zero-order valence-corrected chi connectivity index (χ0v) is 13.8. The van der Waals surface area contributed by atoms with Crippen molar-refractivity contribution in [1.29, 1.82) is 0 Å². The van der Waals surface area contributed by atoms with Gasteiger partial charge in [-0.15, -0.1) is 0 Å². The molecule has 1 fully saturated rings. The molecule has 1 N–H and O–H groups in total. The first-order chi connectivity index (χ1) is 11.6. The molecule has 0 saturated carbocycles. The quantitative estimate of drug-likeness (QED) is 0.920. The van der Waals surface area contributed by atoms with Gasteiger partial charge >= 0.3 is 0 Å². The van der Waals surface area contributed by atoms with E-state index in [0.717, 1.165) is 11.1 Å². The highest BCUT2D eigenvalue weighted by Gasteiger charge is 2.36. The van der Waals surface area contributed by atoms with Crippen molar-refractivity contribution in [2.45, 2.75) is 38.4 Å². The summed E-state index contributed by atoms with van der Waals surface area (Å²) in [5, 5.41) is 3.04. The second-order valence-corrected chi connectivity index (χ2v) is 6.20. The van der Waals surface area contributed by atoms with Crippen molar-refractivity contribution in [3.63, 3.8) is 0 Å². The third-order valence-electron chi connectivity index (χ3n) is 4.48. The number of rotatable bonds is 5. The van der Waals surface area contributed by atoms with Gasteiger partial charge in [0.1, 0.15) is 6.04 Å². The summed E-state index contributed by atoms with van der Waals surface area (Å²) < 4.78 is 0. The minimum Gasteiger partial charge on any atom is -0.348 e. The molecule has 2 aromatic rings. The molecule has 4 nitrogen and oxygen atoms in total. The number of likely N-dealkylation sites (tertiary alicyclic amines) is 1. The number of nitrogens with one attached hydrogen (secondary N) is 1. The molecule has 0 aliphatic carbocycles. The van der Waals surface area contributed by atoms with Crippen molar-refractivity contribution in [3.05, 3.63) is 71.8 Å². The Morgan fingerprint density at radius 1 is 1.12 bits per heavy atom. The fraction of sp³-hybridized carbons (Fsp3) is 0.300. The van der Waals surface area contributed by atoms with E-state index in [-0.39, 0.29) is 23.9 Å². The largest absolute Gasteiger partial charge is 0.348 e. The van der Waals surface area contributed by atoms with E-state index >= 15 is 0 Å². The fourth-order valence-electron chi connectivity index (χ4n) is 3.12. The van der Waals surface area contributed by atoms with Crippen LogP contribution in [0.2, 0.25) is 0 Å². The fourth-order valence-corrected chi connectivity index (χ4v) is 3.12. The van der Waals surface area contributed by atoms with E-state index in [4.69, 9.17) is 0 Å². The van der Waals surface area contributed by atoms with Crippen LogP contribution in [0.3, 0.4) is 0 Å². The van der Waals surface area contributed by atoms with E-state index in [1.807, 2.05) is 67.6 Å². The third kappa shape index (κ3) is 3.65. The monoisotopic (exact) mass is 322 g/mol. The van der Waals surface area contributed by atoms with Crippen LogP contribution in [0.1, 0.15) is 36.9 Å². The van der Waals surface area contributed by atoms with E-state index in [2.05, 4.69) is 5.32 Å². The van der Waals surface area contributed by atoms with E-state index in [0.29, 0.717) is 19.4 Å². The number of benzene rings is 2. The van der Waals surface area contributed by atoms with Gasteiger partial charge in [-0.2, -0.15) is 0 Å².